The topological polar surface area (TPSA) is 38.1 Å². The molecule has 0 saturated heterocycles. The van der Waals surface area contributed by atoms with Gasteiger partial charge < -0.3 is 4.90 Å². The number of hydrogen-bond acceptors (Lipinski definition) is 3. The van der Waals surface area contributed by atoms with E-state index in [2.05, 4.69) is 11.2 Å². The molecule has 2 aromatic heterocycles. The monoisotopic (exact) mass is 233 g/mol. The summed E-state index contributed by atoms with van der Waals surface area (Å²) in [5.41, 5.74) is 0.697. The van der Waals surface area contributed by atoms with Crippen LogP contribution in [-0.2, 0) is 13.1 Å². The Morgan fingerprint density at radius 1 is 1.38 bits per heavy atom. The molecule has 82 valence electrons. The molecular weight excluding hydrogens is 222 g/mol. The maximum absolute atomic E-state index is 12.1. The molecule has 0 aliphatic carbocycles. The predicted molar refractivity (Wildman–Crippen MR) is 61.3 cm³/mol. The number of carbonyl (C=O) groups excluding carboxylic acids is 1. The highest BCUT2D eigenvalue weighted by atomic mass is 32.1. The van der Waals surface area contributed by atoms with E-state index in [1.165, 1.54) is 4.88 Å². The predicted octanol–water partition coefficient (Wildman–Crippen LogP) is 1.60. The van der Waals surface area contributed by atoms with Crippen molar-refractivity contribution in [3.05, 3.63) is 40.3 Å². The molecule has 0 bridgehead atoms. The molecule has 0 unspecified atom stereocenters. The van der Waals surface area contributed by atoms with Gasteiger partial charge in [0.15, 0.2) is 0 Å². The number of fused-ring (bicyclic) bond motifs is 1. The summed E-state index contributed by atoms with van der Waals surface area (Å²) < 4.78 is 1.77. The molecule has 3 rings (SSSR count). The molecule has 0 atom stereocenters. The highest BCUT2D eigenvalue weighted by molar-refractivity contribution is 7.09. The van der Waals surface area contributed by atoms with E-state index in [1.54, 1.807) is 28.3 Å². The van der Waals surface area contributed by atoms with Crippen molar-refractivity contribution >= 4 is 17.2 Å². The molecule has 16 heavy (non-hydrogen) atoms. The first-order valence-corrected chi connectivity index (χ1v) is 6.06. The molecule has 2 aromatic rings. The molecule has 0 aromatic carbocycles. The van der Waals surface area contributed by atoms with Crippen LogP contribution >= 0.6 is 11.3 Å². The fraction of sp³-hybridized carbons (Fsp3) is 0.273. The second-order valence-corrected chi connectivity index (χ2v) is 4.78. The van der Waals surface area contributed by atoms with Gasteiger partial charge in [0.2, 0.25) is 0 Å². The van der Waals surface area contributed by atoms with Crippen LogP contribution in [-0.4, -0.2) is 27.1 Å². The zero-order valence-corrected chi connectivity index (χ0v) is 9.48. The first-order valence-electron chi connectivity index (χ1n) is 5.18. The molecule has 1 aliphatic rings. The van der Waals surface area contributed by atoms with E-state index in [0.29, 0.717) is 12.2 Å². The van der Waals surface area contributed by atoms with E-state index in [0.717, 1.165) is 13.1 Å². The quantitative estimate of drug-likeness (QED) is 0.790. The lowest BCUT2D eigenvalue weighted by atomic mass is 10.3. The van der Waals surface area contributed by atoms with Gasteiger partial charge in [-0.25, -0.2) is 0 Å². The van der Waals surface area contributed by atoms with E-state index in [1.807, 2.05) is 16.3 Å². The van der Waals surface area contributed by atoms with Gasteiger partial charge in [-0.3, -0.25) is 9.48 Å². The minimum Gasteiger partial charge on any atom is -0.330 e. The van der Waals surface area contributed by atoms with E-state index in [9.17, 15) is 4.79 Å². The van der Waals surface area contributed by atoms with Crippen LogP contribution in [0.15, 0.2) is 29.8 Å². The Balaban J connectivity index is 1.82. The highest BCUT2D eigenvalue weighted by Crippen LogP contribution is 2.17. The van der Waals surface area contributed by atoms with Gasteiger partial charge >= 0.3 is 0 Å². The largest absolute Gasteiger partial charge is 0.330 e. The molecule has 5 heteroatoms. The van der Waals surface area contributed by atoms with Crippen LogP contribution in [0.4, 0.5) is 0 Å². The molecular formula is C11H11N3OS. The Morgan fingerprint density at radius 2 is 2.31 bits per heavy atom. The average molecular weight is 233 g/mol. The third kappa shape index (κ3) is 1.53. The van der Waals surface area contributed by atoms with Crippen molar-refractivity contribution in [3.63, 3.8) is 0 Å². The van der Waals surface area contributed by atoms with Crippen molar-refractivity contribution in [3.8, 4) is 0 Å². The number of thiophene rings is 1. The zero-order valence-electron chi connectivity index (χ0n) is 8.67. The molecule has 0 radical (unpaired) electrons. The van der Waals surface area contributed by atoms with Crippen LogP contribution in [0.2, 0.25) is 0 Å². The van der Waals surface area contributed by atoms with Crippen LogP contribution in [0.1, 0.15) is 15.4 Å². The Bertz CT molecular complexity index is 503. The maximum atomic E-state index is 12.1. The summed E-state index contributed by atoms with van der Waals surface area (Å²) >= 11 is 1.69. The second-order valence-electron chi connectivity index (χ2n) is 3.75. The molecule has 3 heterocycles. The minimum absolute atomic E-state index is 0.0807. The summed E-state index contributed by atoms with van der Waals surface area (Å²) in [7, 11) is 0. The molecule has 0 N–H and O–H groups in total. The summed E-state index contributed by atoms with van der Waals surface area (Å²) in [5, 5.41) is 6.15. The lowest BCUT2D eigenvalue weighted by Gasteiger charge is -2.26. The Kier molecular flexibility index (Phi) is 2.25. The van der Waals surface area contributed by atoms with Gasteiger partial charge in [0, 0.05) is 17.6 Å². The first kappa shape index (κ1) is 9.59. The van der Waals surface area contributed by atoms with Gasteiger partial charge in [-0.2, -0.15) is 5.10 Å². The van der Waals surface area contributed by atoms with Crippen LogP contribution in [0, 0.1) is 0 Å². The van der Waals surface area contributed by atoms with Gasteiger partial charge in [0.25, 0.3) is 5.91 Å². The summed E-state index contributed by atoms with van der Waals surface area (Å²) in [5.74, 6) is 0.0807. The van der Waals surface area contributed by atoms with Gasteiger partial charge in [0.1, 0.15) is 5.69 Å². The van der Waals surface area contributed by atoms with E-state index >= 15 is 0 Å². The fourth-order valence-corrected chi connectivity index (χ4v) is 2.63. The number of carbonyl (C=O) groups is 1. The van der Waals surface area contributed by atoms with Crippen LogP contribution < -0.4 is 0 Å². The van der Waals surface area contributed by atoms with Crippen molar-refractivity contribution < 1.29 is 4.79 Å². The number of nitrogens with zero attached hydrogens (tertiary/aromatic N) is 3. The van der Waals surface area contributed by atoms with Crippen molar-refractivity contribution in [2.45, 2.75) is 13.1 Å². The fourth-order valence-electron chi connectivity index (χ4n) is 1.91. The molecule has 0 fully saturated rings. The van der Waals surface area contributed by atoms with Crippen LogP contribution in [0.5, 0.6) is 0 Å². The van der Waals surface area contributed by atoms with Crippen molar-refractivity contribution in [2.24, 2.45) is 0 Å². The van der Waals surface area contributed by atoms with Gasteiger partial charge in [-0.05, 0) is 17.5 Å². The van der Waals surface area contributed by atoms with Crippen molar-refractivity contribution in [2.75, 3.05) is 6.54 Å². The Labute approximate surface area is 97.1 Å². The van der Waals surface area contributed by atoms with Gasteiger partial charge in [-0.1, -0.05) is 6.07 Å². The summed E-state index contributed by atoms with van der Waals surface area (Å²) in [4.78, 5) is 15.2. The maximum Gasteiger partial charge on any atom is 0.272 e. The average Bonchev–Trinajstić information content (AvgIpc) is 2.93. The normalized spacial score (nSPS) is 15.2. The highest BCUT2D eigenvalue weighted by Gasteiger charge is 2.24. The third-order valence-corrected chi connectivity index (χ3v) is 3.59. The first-order chi connectivity index (χ1) is 7.84. The third-order valence-electron chi connectivity index (χ3n) is 2.73. The van der Waals surface area contributed by atoms with Gasteiger partial charge in [0.05, 0.1) is 13.1 Å². The summed E-state index contributed by atoms with van der Waals surface area (Å²) in [6, 6.07) is 5.85. The molecule has 0 spiro atoms. The zero-order chi connectivity index (χ0) is 11.0. The summed E-state index contributed by atoms with van der Waals surface area (Å²) in [6.07, 6.45) is 1.68. The van der Waals surface area contributed by atoms with E-state index in [-0.39, 0.29) is 5.91 Å². The number of amides is 1. The lowest BCUT2D eigenvalue weighted by Crippen LogP contribution is -2.39. The van der Waals surface area contributed by atoms with Crippen LogP contribution in [0.25, 0.3) is 0 Å². The summed E-state index contributed by atoms with van der Waals surface area (Å²) in [6.45, 7) is 2.24. The Morgan fingerprint density at radius 3 is 3.12 bits per heavy atom. The number of rotatable bonds is 2. The standard InChI is InChI=1S/C11H11N3OS/c15-11-10-3-4-12-14(10)6-5-13(11)8-9-2-1-7-16-9/h1-4,7H,5-6,8H2. The lowest BCUT2D eigenvalue weighted by molar-refractivity contribution is 0.0685. The van der Waals surface area contributed by atoms with Crippen molar-refractivity contribution in [1.29, 1.82) is 0 Å². The number of aromatic nitrogens is 2. The van der Waals surface area contributed by atoms with Crippen molar-refractivity contribution in [1.82, 2.24) is 14.7 Å². The molecule has 0 saturated carbocycles. The second kappa shape index (κ2) is 3.75. The SMILES string of the molecule is O=C1c2ccnn2CCN1Cc1cccs1. The minimum atomic E-state index is 0.0807. The molecule has 4 nitrogen and oxygen atoms in total. The number of hydrogen-bond donors (Lipinski definition) is 0. The molecule has 1 amide bonds. The smallest absolute Gasteiger partial charge is 0.272 e. The van der Waals surface area contributed by atoms with Gasteiger partial charge in [-0.15, -0.1) is 11.3 Å². The van der Waals surface area contributed by atoms with E-state index < -0.39 is 0 Å². The molecule has 1 aliphatic heterocycles. The van der Waals surface area contributed by atoms with Crippen LogP contribution in [0.3, 0.4) is 0 Å². The van der Waals surface area contributed by atoms with E-state index in [4.69, 9.17) is 0 Å². The Hall–Kier alpha value is -1.62.